The topological polar surface area (TPSA) is 49.4 Å². The van der Waals surface area contributed by atoms with Crippen LogP contribution in [0.5, 0.6) is 0 Å². The van der Waals surface area contributed by atoms with E-state index < -0.39 is 6.04 Å². The zero-order valence-electron chi connectivity index (χ0n) is 19.6. The van der Waals surface area contributed by atoms with Crippen molar-refractivity contribution >= 4 is 35.0 Å². The van der Waals surface area contributed by atoms with Crippen molar-refractivity contribution in [2.75, 3.05) is 0 Å². The number of halogens is 2. The molecule has 1 atom stereocenters. The predicted octanol–water partition coefficient (Wildman–Crippen LogP) is 6.23. The average Bonchev–Trinajstić information content (AvgIpc) is 3.37. The monoisotopic (exact) mass is 508 g/mol. The van der Waals surface area contributed by atoms with Gasteiger partial charge in [0.15, 0.2) is 0 Å². The first-order valence-corrected chi connectivity index (χ1v) is 12.9. The van der Waals surface area contributed by atoms with Gasteiger partial charge < -0.3 is 10.2 Å². The molecule has 35 heavy (non-hydrogen) atoms. The Morgan fingerprint density at radius 3 is 2.00 bits per heavy atom. The molecular formula is C29H30Cl2N2O2. The smallest absolute Gasteiger partial charge is 0.243 e. The highest BCUT2D eigenvalue weighted by atomic mass is 35.5. The molecule has 0 spiro atoms. The molecule has 182 valence electrons. The molecule has 3 aromatic carbocycles. The van der Waals surface area contributed by atoms with E-state index in [1.165, 1.54) is 0 Å². The van der Waals surface area contributed by atoms with Gasteiger partial charge in [-0.15, -0.1) is 0 Å². The van der Waals surface area contributed by atoms with E-state index in [-0.39, 0.29) is 30.8 Å². The maximum atomic E-state index is 13.8. The van der Waals surface area contributed by atoms with E-state index >= 15 is 0 Å². The van der Waals surface area contributed by atoms with Crippen LogP contribution in [0.25, 0.3) is 0 Å². The van der Waals surface area contributed by atoms with Gasteiger partial charge in [-0.2, -0.15) is 0 Å². The van der Waals surface area contributed by atoms with Crippen LogP contribution >= 0.6 is 23.2 Å². The lowest BCUT2D eigenvalue weighted by Gasteiger charge is -2.33. The highest BCUT2D eigenvalue weighted by Crippen LogP contribution is 2.28. The molecule has 4 nitrogen and oxygen atoms in total. The summed E-state index contributed by atoms with van der Waals surface area (Å²) >= 11 is 13.0. The minimum absolute atomic E-state index is 0.134. The van der Waals surface area contributed by atoms with E-state index in [0.717, 1.165) is 36.8 Å². The summed E-state index contributed by atoms with van der Waals surface area (Å²) in [5.41, 5.74) is 2.52. The lowest BCUT2D eigenvalue weighted by atomic mass is 10.0. The van der Waals surface area contributed by atoms with Crippen molar-refractivity contribution in [3.05, 3.63) is 106 Å². The fourth-order valence-corrected chi connectivity index (χ4v) is 5.16. The number of rotatable bonds is 9. The molecule has 0 bridgehead atoms. The Balaban J connectivity index is 1.69. The highest BCUT2D eigenvalue weighted by Gasteiger charge is 2.32. The van der Waals surface area contributed by atoms with E-state index in [1.807, 2.05) is 60.7 Å². The molecule has 0 unspecified atom stereocenters. The van der Waals surface area contributed by atoms with E-state index in [0.29, 0.717) is 22.0 Å². The summed E-state index contributed by atoms with van der Waals surface area (Å²) < 4.78 is 0. The van der Waals surface area contributed by atoms with E-state index in [9.17, 15) is 9.59 Å². The third-order valence-corrected chi connectivity index (χ3v) is 7.27. The van der Waals surface area contributed by atoms with Gasteiger partial charge in [0.25, 0.3) is 0 Å². The molecule has 0 heterocycles. The largest absolute Gasteiger partial charge is 0.352 e. The maximum absolute atomic E-state index is 13.8. The molecule has 1 fully saturated rings. The zero-order chi connectivity index (χ0) is 24.6. The van der Waals surface area contributed by atoms with Crippen molar-refractivity contribution in [2.45, 2.75) is 57.2 Å². The molecule has 0 radical (unpaired) electrons. The van der Waals surface area contributed by atoms with Crippen LogP contribution < -0.4 is 5.32 Å². The number of nitrogens with zero attached hydrogens (tertiary/aromatic N) is 1. The average molecular weight is 509 g/mol. The Kier molecular flexibility index (Phi) is 8.84. The van der Waals surface area contributed by atoms with E-state index in [1.54, 1.807) is 23.1 Å². The summed E-state index contributed by atoms with van der Waals surface area (Å²) in [4.78, 5) is 29.1. The van der Waals surface area contributed by atoms with E-state index in [4.69, 9.17) is 23.2 Å². The fraction of sp³-hybridized carbons (Fsp3) is 0.310. The van der Waals surface area contributed by atoms with Crippen molar-refractivity contribution in [1.29, 1.82) is 0 Å². The van der Waals surface area contributed by atoms with E-state index in [2.05, 4.69) is 5.32 Å². The summed E-state index contributed by atoms with van der Waals surface area (Å²) in [5, 5.41) is 4.17. The van der Waals surface area contributed by atoms with Crippen molar-refractivity contribution < 1.29 is 9.59 Å². The molecule has 1 N–H and O–H groups in total. The second kappa shape index (κ2) is 12.2. The Morgan fingerprint density at radius 2 is 1.40 bits per heavy atom. The number of hydrogen-bond donors (Lipinski definition) is 1. The number of benzene rings is 3. The second-order valence-corrected chi connectivity index (χ2v) is 9.89. The number of hydrogen-bond acceptors (Lipinski definition) is 2. The van der Waals surface area contributed by atoms with Gasteiger partial charge in [-0.05, 0) is 36.1 Å². The predicted molar refractivity (Wildman–Crippen MR) is 141 cm³/mol. The first-order chi connectivity index (χ1) is 17.0. The van der Waals surface area contributed by atoms with Gasteiger partial charge in [0.1, 0.15) is 6.04 Å². The van der Waals surface area contributed by atoms with Gasteiger partial charge >= 0.3 is 0 Å². The molecular weight excluding hydrogens is 479 g/mol. The number of carbonyl (C=O) groups excluding carboxylic acids is 2. The van der Waals surface area contributed by atoms with Crippen LogP contribution in [0.3, 0.4) is 0 Å². The molecule has 2 amide bonds. The molecule has 0 aliphatic heterocycles. The molecule has 1 aliphatic rings. The zero-order valence-corrected chi connectivity index (χ0v) is 21.1. The first-order valence-electron chi connectivity index (χ1n) is 12.1. The standard InChI is InChI=1S/C29H30Cl2N2O2/c30-25-16-9-17-26(31)24(25)20-33(28(34)19-22-12-5-2-6-13-22)27(18-21-10-3-1-4-11-21)29(35)32-23-14-7-8-15-23/h1-6,9-13,16-17,23,27H,7-8,14-15,18-20H2,(H,32,35)/t27-/m1/s1. The number of carbonyl (C=O) groups is 2. The van der Waals surface area contributed by atoms with Crippen LogP contribution in [-0.4, -0.2) is 28.8 Å². The molecule has 3 aromatic rings. The summed E-state index contributed by atoms with van der Waals surface area (Å²) in [6.07, 6.45) is 4.75. The summed E-state index contributed by atoms with van der Waals surface area (Å²) in [5.74, 6) is -0.278. The lowest BCUT2D eigenvalue weighted by molar-refractivity contribution is -0.141. The van der Waals surface area contributed by atoms with Gasteiger partial charge in [0, 0.05) is 34.6 Å². The summed E-state index contributed by atoms with van der Waals surface area (Å²) in [7, 11) is 0. The highest BCUT2D eigenvalue weighted by molar-refractivity contribution is 6.36. The molecule has 0 saturated heterocycles. The minimum Gasteiger partial charge on any atom is -0.352 e. The summed E-state index contributed by atoms with van der Waals surface area (Å²) in [6, 6.07) is 24.1. The van der Waals surface area contributed by atoms with Crippen molar-refractivity contribution in [1.82, 2.24) is 10.2 Å². The fourth-order valence-electron chi connectivity index (χ4n) is 4.65. The van der Waals surface area contributed by atoms with Crippen LogP contribution in [0, 0.1) is 0 Å². The SMILES string of the molecule is O=C(NC1CCCC1)[C@@H](Cc1ccccc1)N(Cc1c(Cl)cccc1Cl)C(=O)Cc1ccccc1. The third-order valence-electron chi connectivity index (χ3n) is 6.56. The summed E-state index contributed by atoms with van der Waals surface area (Å²) in [6.45, 7) is 0.153. The normalized spacial score (nSPS) is 14.5. The second-order valence-electron chi connectivity index (χ2n) is 9.08. The molecule has 0 aromatic heterocycles. The molecule has 1 saturated carbocycles. The van der Waals surface area contributed by atoms with Crippen molar-refractivity contribution in [3.63, 3.8) is 0 Å². The van der Waals surface area contributed by atoms with Gasteiger partial charge in [-0.1, -0.05) is 103 Å². The molecule has 6 heteroatoms. The van der Waals surface area contributed by atoms with Crippen molar-refractivity contribution in [2.24, 2.45) is 0 Å². The Morgan fingerprint density at radius 1 is 0.829 bits per heavy atom. The van der Waals surface area contributed by atoms with Crippen LogP contribution in [0.4, 0.5) is 0 Å². The Hall–Kier alpha value is -2.82. The van der Waals surface area contributed by atoms with Crippen LogP contribution in [0.2, 0.25) is 10.0 Å². The van der Waals surface area contributed by atoms with Gasteiger partial charge in [0.05, 0.1) is 6.42 Å². The quantitative estimate of drug-likeness (QED) is 0.372. The third kappa shape index (κ3) is 6.87. The van der Waals surface area contributed by atoms with Gasteiger partial charge in [-0.25, -0.2) is 0 Å². The Bertz CT molecular complexity index is 1110. The Labute approximate surface area is 217 Å². The number of nitrogens with one attached hydrogen (secondary N) is 1. The van der Waals surface area contributed by atoms with Gasteiger partial charge in [-0.3, -0.25) is 9.59 Å². The number of amides is 2. The maximum Gasteiger partial charge on any atom is 0.243 e. The van der Waals surface area contributed by atoms with Gasteiger partial charge in [0.2, 0.25) is 11.8 Å². The minimum atomic E-state index is -0.693. The van der Waals surface area contributed by atoms with Crippen LogP contribution in [0.1, 0.15) is 42.4 Å². The molecule has 1 aliphatic carbocycles. The lowest BCUT2D eigenvalue weighted by Crippen LogP contribution is -2.52. The van der Waals surface area contributed by atoms with Crippen LogP contribution in [0.15, 0.2) is 78.9 Å². The van der Waals surface area contributed by atoms with Crippen LogP contribution in [-0.2, 0) is 29.0 Å². The van der Waals surface area contributed by atoms with Crippen molar-refractivity contribution in [3.8, 4) is 0 Å². The first kappa shape index (κ1) is 25.3. The molecule has 4 rings (SSSR count).